The highest BCUT2D eigenvalue weighted by atomic mass is 16.2. The van der Waals surface area contributed by atoms with Crippen molar-refractivity contribution < 1.29 is 4.79 Å². The summed E-state index contributed by atoms with van der Waals surface area (Å²) in [5.41, 5.74) is 2.56. The van der Waals surface area contributed by atoms with Gasteiger partial charge in [-0.15, -0.1) is 0 Å². The molecular weight excluding hydrogens is 348 g/mol. The van der Waals surface area contributed by atoms with Crippen LogP contribution in [0.2, 0.25) is 0 Å². The van der Waals surface area contributed by atoms with Crippen molar-refractivity contribution in [3.63, 3.8) is 0 Å². The molecule has 5 nitrogen and oxygen atoms in total. The van der Waals surface area contributed by atoms with E-state index in [-0.39, 0.29) is 18.1 Å². The van der Waals surface area contributed by atoms with E-state index in [1.54, 1.807) is 0 Å². The predicted octanol–water partition coefficient (Wildman–Crippen LogP) is 3.25. The summed E-state index contributed by atoms with van der Waals surface area (Å²) in [4.78, 5) is 17.0. The molecule has 0 radical (unpaired) electrons. The van der Waals surface area contributed by atoms with Crippen molar-refractivity contribution in [1.29, 1.82) is 0 Å². The molecule has 1 unspecified atom stereocenters. The summed E-state index contributed by atoms with van der Waals surface area (Å²) in [6.07, 6.45) is 1.99. The summed E-state index contributed by atoms with van der Waals surface area (Å²) in [5.74, 6) is 0. The van der Waals surface area contributed by atoms with E-state index >= 15 is 0 Å². The Balaban J connectivity index is 1.40. The van der Waals surface area contributed by atoms with Crippen LogP contribution in [-0.2, 0) is 6.54 Å². The van der Waals surface area contributed by atoms with Crippen LogP contribution in [0.4, 0.5) is 4.79 Å². The van der Waals surface area contributed by atoms with Crippen LogP contribution >= 0.6 is 0 Å². The maximum atomic E-state index is 12.4. The quantitative estimate of drug-likeness (QED) is 0.775. The summed E-state index contributed by atoms with van der Waals surface area (Å²) < 4.78 is 0. The van der Waals surface area contributed by atoms with E-state index in [9.17, 15) is 4.79 Å². The molecule has 2 N–H and O–H groups in total. The molecule has 28 heavy (non-hydrogen) atoms. The number of urea groups is 1. The van der Waals surface area contributed by atoms with Crippen molar-refractivity contribution in [1.82, 2.24) is 20.4 Å². The molecule has 2 aromatic rings. The number of hydrogen-bond donors (Lipinski definition) is 2. The Morgan fingerprint density at radius 2 is 1.64 bits per heavy atom. The van der Waals surface area contributed by atoms with Gasteiger partial charge in [0.15, 0.2) is 0 Å². The molecule has 2 amide bonds. The molecule has 150 valence electrons. The summed E-state index contributed by atoms with van der Waals surface area (Å²) in [6, 6.07) is 21.2. The Morgan fingerprint density at radius 3 is 2.25 bits per heavy atom. The lowest BCUT2D eigenvalue weighted by Crippen LogP contribution is -2.48. The van der Waals surface area contributed by atoms with Crippen molar-refractivity contribution in [3.8, 4) is 0 Å². The van der Waals surface area contributed by atoms with Crippen molar-refractivity contribution in [3.05, 3.63) is 71.8 Å². The lowest BCUT2D eigenvalue weighted by molar-refractivity contribution is 0.185. The molecule has 1 atom stereocenters. The number of benzene rings is 2. The highest BCUT2D eigenvalue weighted by molar-refractivity contribution is 5.74. The lowest BCUT2D eigenvalue weighted by Gasteiger charge is -2.32. The largest absolute Gasteiger partial charge is 0.336 e. The first-order chi connectivity index (χ1) is 13.6. The Kier molecular flexibility index (Phi) is 7.46. The highest BCUT2D eigenvalue weighted by Gasteiger charge is 2.21. The topological polar surface area (TPSA) is 47.6 Å². The van der Waals surface area contributed by atoms with Gasteiger partial charge in [0.05, 0.1) is 6.04 Å². The number of likely N-dealkylation sites (tertiary alicyclic amines) is 1. The van der Waals surface area contributed by atoms with E-state index in [1.807, 2.05) is 32.3 Å². The normalized spacial score (nSPS) is 16.7. The zero-order chi connectivity index (χ0) is 19.8. The van der Waals surface area contributed by atoms with Gasteiger partial charge in [-0.2, -0.15) is 0 Å². The molecule has 0 spiro atoms. The Hall–Kier alpha value is -2.37. The molecular formula is C23H32N4O. The van der Waals surface area contributed by atoms with E-state index in [1.165, 1.54) is 11.1 Å². The van der Waals surface area contributed by atoms with Gasteiger partial charge in [-0.3, -0.25) is 4.90 Å². The Morgan fingerprint density at radius 1 is 1.04 bits per heavy atom. The predicted molar refractivity (Wildman–Crippen MR) is 114 cm³/mol. The van der Waals surface area contributed by atoms with Gasteiger partial charge in [0.25, 0.3) is 0 Å². The van der Waals surface area contributed by atoms with Crippen LogP contribution in [0.25, 0.3) is 0 Å². The average molecular weight is 381 g/mol. The summed E-state index contributed by atoms with van der Waals surface area (Å²) >= 11 is 0. The van der Waals surface area contributed by atoms with Crippen LogP contribution in [0.15, 0.2) is 60.7 Å². The second-order valence-corrected chi connectivity index (χ2v) is 7.78. The SMILES string of the molecule is CN(C)C(CNC(=O)NC1CCN(Cc2ccccc2)CC1)c1ccccc1. The fourth-order valence-electron chi connectivity index (χ4n) is 3.78. The molecule has 1 fully saturated rings. The number of piperidine rings is 1. The second-order valence-electron chi connectivity index (χ2n) is 7.78. The maximum absolute atomic E-state index is 12.4. The van der Waals surface area contributed by atoms with Gasteiger partial charge < -0.3 is 15.5 Å². The molecule has 0 aromatic heterocycles. The first kappa shape index (κ1) is 20.4. The van der Waals surface area contributed by atoms with E-state index < -0.39 is 0 Å². The van der Waals surface area contributed by atoms with Gasteiger partial charge in [0, 0.05) is 32.2 Å². The lowest BCUT2D eigenvalue weighted by atomic mass is 10.0. The van der Waals surface area contributed by atoms with Gasteiger partial charge in [-0.25, -0.2) is 4.79 Å². The number of carbonyl (C=O) groups is 1. The van der Waals surface area contributed by atoms with E-state index in [4.69, 9.17) is 0 Å². The number of nitrogens with zero attached hydrogens (tertiary/aromatic N) is 2. The molecule has 3 rings (SSSR count). The summed E-state index contributed by atoms with van der Waals surface area (Å²) in [7, 11) is 4.08. The van der Waals surface area contributed by atoms with Crippen LogP contribution in [-0.4, -0.2) is 55.6 Å². The Bertz CT molecular complexity index is 712. The van der Waals surface area contributed by atoms with Gasteiger partial charge >= 0.3 is 6.03 Å². The third-order valence-electron chi connectivity index (χ3n) is 5.44. The zero-order valence-corrected chi connectivity index (χ0v) is 17.0. The molecule has 0 bridgehead atoms. The third-order valence-corrected chi connectivity index (χ3v) is 5.44. The molecule has 1 saturated heterocycles. The number of nitrogens with one attached hydrogen (secondary N) is 2. The van der Waals surface area contributed by atoms with Crippen LogP contribution in [0, 0.1) is 0 Å². The third kappa shape index (κ3) is 6.08. The Labute approximate surface area is 168 Å². The molecule has 1 heterocycles. The highest BCUT2D eigenvalue weighted by Crippen LogP contribution is 2.17. The second kappa shape index (κ2) is 10.2. The van der Waals surface area contributed by atoms with Gasteiger partial charge in [0.1, 0.15) is 0 Å². The van der Waals surface area contributed by atoms with E-state index in [0.717, 1.165) is 32.5 Å². The van der Waals surface area contributed by atoms with Crippen molar-refractivity contribution >= 4 is 6.03 Å². The fraction of sp³-hybridized carbons (Fsp3) is 0.435. The zero-order valence-electron chi connectivity index (χ0n) is 17.0. The van der Waals surface area contributed by atoms with Crippen LogP contribution in [0.5, 0.6) is 0 Å². The maximum Gasteiger partial charge on any atom is 0.315 e. The summed E-state index contributed by atoms with van der Waals surface area (Å²) in [5, 5.41) is 6.21. The van der Waals surface area contributed by atoms with Crippen molar-refractivity contribution in [2.24, 2.45) is 0 Å². The minimum Gasteiger partial charge on any atom is -0.336 e. The molecule has 1 aliphatic heterocycles. The number of likely N-dealkylation sites (N-methyl/N-ethyl adjacent to an activating group) is 1. The van der Waals surface area contributed by atoms with Crippen molar-refractivity contribution in [2.75, 3.05) is 33.7 Å². The summed E-state index contributed by atoms with van der Waals surface area (Å²) in [6.45, 7) is 3.62. The van der Waals surface area contributed by atoms with Gasteiger partial charge in [-0.1, -0.05) is 60.7 Å². The standard InChI is InChI=1S/C23H32N4O/c1-26(2)22(20-11-7-4-8-12-20)17-24-23(28)25-21-13-15-27(16-14-21)18-19-9-5-3-6-10-19/h3-12,21-22H,13-18H2,1-2H3,(H2,24,25,28). The minimum atomic E-state index is -0.0655. The van der Waals surface area contributed by atoms with E-state index in [2.05, 4.69) is 62.9 Å². The first-order valence-electron chi connectivity index (χ1n) is 10.1. The molecule has 0 aliphatic carbocycles. The molecule has 2 aromatic carbocycles. The number of rotatable bonds is 7. The van der Waals surface area contributed by atoms with Crippen LogP contribution < -0.4 is 10.6 Å². The smallest absolute Gasteiger partial charge is 0.315 e. The van der Waals surface area contributed by atoms with Crippen LogP contribution in [0.3, 0.4) is 0 Å². The monoisotopic (exact) mass is 380 g/mol. The van der Waals surface area contributed by atoms with Crippen molar-refractivity contribution in [2.45, 2.75) is 31.5 Å². The average Bonchev–Trinajstić information content (AvgIpc) is 2.71. The first-order valence-corrected chi connectivity index (χ1v) is 10.1. The molecule has 1 aliphatic rings. The number of amides is 2. The van der Waals surface area contributed by atoms with Gasteiger partial charge in [0.2, 0.25) is 0 Å². The number of hydrogen-bond acceptors (Lipinski definition) is 3. The van der Waals surface area contributed by atoms with E-state index in [0.29, 0.717) is 6.54 Å². The molecule has 0 saturated carbocycles. The number of carbonyl (C=O) groups excluding carboxylic acids is 1. The fourth-order valence-corrected chi connectivity index (χ4v) is 3.78. The van der Waals surface area contributed by atoms with Crippen LogP contribution in [0.1, 0.15) is 30.0 Å². The molecule has 5 heteroatoms. The minimum absolute atomic E-state index is 0.0655. The van der Waals surface area contributed by atoms with Gasteiger partial charge in [-0.05, 0) is 38.1 Å².